The van der Waals surface area contributed by atoms with Crippen molar-refractivity contribution in [2.24, 2.45) is 0 Å². The standard InChI is InChI=1S/C19H20F2N2O4S/c1-27-15-3-5-16(6-4-15)28(25,26)22-14-8-10-23(11-9-14)19(24)13-2-7-17(20)18(21)12-13/h2-7,12,14,22H,8-11H2,1H3. The maximum absolute atomic E-state index is 13.3. The van der Waals surface area contributed by atoms with E-state index in [0.717, 1.165) is 12.1 Å². The lowest BCUT2D eigenvalue weighted by molar-refractivity contribution is 0.0710. The van der Waals surface area contributed by atoms with E-state index in [0.29, 0.717) is 31.7 Å². The van der Waals surface area contributed by atoms with Crippen LogP contribution in [0.2, 0.25) is 0 Å². The molecule has 1 saturated heterocycles. The Bertz CT molecular complexity index is 956. The molecule has 1 aliphatic heterocycles. The van der Waals surface area contributed by atoms with E-state index in [-0.39, 0.29) is 16.5 Å². The van der Waals surface area contributed by atoms with Gasteiger partial charge in [0.05, 0.1) is 12.0 Å². The summed E-state index contributed by atoms with van der Waals surface area (Å²) in [4.78, 5) is 14.1. The van der Waals surface area contributed by atoms with Crippen LogP contribution >= 0.6 is 0 Å². The molecule has 9 heteroatoms. The zero-order chi connectivity index (χ0) is 20.3. The zero-order valence-corrected chi connectivity index (χ0v) is 16.0. The molecule has 0 spiro atoms. The van der Waals surface area contributed by atoms with E-state index in [4.69, 9.17) is 4.74 Å². The molecule has 0 radical (unpaired) electrons. The molecule has 0 aliphatic carbocycles. The van der Waals surface area contributed by atoms with E-state index < -0.39 is 27.6 Å². The molecular formula is C19H20F2N2O4S. The van der Waals surface area contributed by atoms with Gasteiger partial charge in [-0.25, -0.2) is 21.9 Å². The Kier molecular flexibility index (Phi) is 5.95. The van der Waals surface area contributed by atoms with Crippen LogP contribution in [0, 0.1) is 11.6 Å². The Balaban J connectivity index is 1.60. The normalized spacial score (nSPS) is 15.5. The van der Waals surface area contributed by atoms with Crippen LogP contribution in [0.1, 0.15) is 23.2 Å². The first-order chi connectivity index (χ1) is 13.3. The van der Waals surface area contributed by atoms with Crippen LogP contribution < -0.4 is 9.46 Å². The highest BCUT2D eigenvalue weighted by Gasteiger charge is 2.27. The number of halogens is 2. The molecule has 0 saturated carbocycles. The summed E-state index contributed by atoms with van der Waals surface area (Å²) in [6, 6.07) is 8.76. The van der Waals surface area contributed by atoms with Crippen molar-refractivity contribution in [1.82, 2.24) is 9.62 Å². The van der Waals surface area contributed by atoms with Crippen LogP contribution in [-0.4, -0.2) is 45.5 Å². The number of methoxy groups -OCH3 is 1. The number of rotatable bonds is 5. The number of amides is 1. The molecule has 1 amide bonds. The molecule has 0 aromatic heterocycles. The lowest BCUT2D eigenvalue weighted by Crippen LogP contribution is -2.46. The second-order valence-corrected chi connectivity index (χ2v) is 8.21. The van der Waals surface area contributed by atoms with Crippen molar-refractivity contribution >= 4 is 15.9 Å². The molecule has 0 unspecified atom stereocenters. The van der Waals surface area contributed by atoms with Crippen LogP contribution in [0.25, 0.3) is 0 Å². The Morgan fingerprint density at radius 3 is 2.29 bits per heavy atom. The lowest BCUT2D eigenvalue weighted by atomic mass is 10.0. The SMILES string of the molecule is COc1ccc(S(=O)(=O)NC2CCN(C(=O)c3ccc(F)c(F)c3)CC2)cc1. The molecule has 2 aromatic rings. The number of carbonyl (C=O) groups is 1. The van der Waals surface area contributed by atoms with Gasteiger partial charge in [-0.1, -0.05) is 0 Å². The first-order valence-corrected chi connectivity index (χ1v) is 10.2. The van der Waals surface area contributed by atoms with E-state index in [1.807, 2.05) is 0 Å². The minimum atomic E-state index is -3.69. The lowest BCUT2D eigenvalue weighted by Gasteiger charge is -2.32. The number of nitrogens with zero attached hydrogens (tertiary/aromatic N) is 1. The molecule has 28 heavy (non-hydrogen) atoms. The highest BCUT2D eigenvalue weighted by molar-refractivity contribution is 7.89. The Morgan fingerprint density at radius 1 is 1.07 bits per heavy atom. The monoisotopic (exact) mass is 410 g/mol. The third-order valence-electron chi connectivity index (χ3n) is 4.64. The summed E-state index contributed by atoms with van der Waals surface area (Å²) in [6.07, 6.45) is 0.843. The van der Waals surface area contributed by atoms with Crippen molar-refractivity contribution in [3.63, 3.8) is 0 Å². The molecule has 3 rings (SSSR count). The van der Waals surface area contributed by atoms with Gasteiger partial charge in [-0.3, -0.25) is 4.79 Å². The van der Waals surface area contributed by atoms with E-state index in [2.05, 4.69) is 4.72 Å². The van der Waals surface area contributed by atoms with Crippen molar-refractivity contribution in [2.45, 2.75) is 23.8 Å². The number of ether oxygens (including phenoxy) is 1. The van der Waals surface area contributed by atoms with Crippen LogP contribution in [0.15, 0.2) is 47.4 Å². The third kappa shape index (κ3) is 4.48. The van der Waals surface area contributed by atoms with Crippen LogP contribution in [0.5, 0.6) is 5.75 Å². The fourth-order valence-corrected chi connectivity index (χ4v) is 4.36. The number of likely N-dealkylation sites (tertiary alicyclic amines) is 1. The molecule has 150 valence electrons. The van der Waals surface area contributed by atoms with Crippen LogP contribution in [0.4, 0.5) is 8.78 Å². The highest BCUT2D eigenvalue weighted by Crippen LogP contribution is 2.19. The molecule has 0 atom stereocenters. The zero-order valence-electron chi connectivity index (χ0n) is 15.2. The fourth-order valence-electron chi connectivity index (χ4n) is 3.05. The summed E-state index contributed by atoms with van der Waals surface area (Å²) < 4.78 is 59.0. The van der Waals surface area contributed by atoms with Crippen molar-refractivity contribution in [3.8, 4) is 5.75 Å². The minimum absolute atomic E-state index is 0.0659. The summed E-state index contributed by atoms with van der Waals surface area (Å²) in [5.74, 6) is -1.94. The molecule has 1 heterocycles. The number of piperidine rings is 1. The van der Waals surface area contributed by atoms with Crippen molar-refractivity contribution in [3.05, 3.63) is 59.7 Å². The number of hydrogen-bond donors (Lipinski definition) is 1. The maximum atomic E-state index is 13.3. The van der Waals surface area contributed by atoms with Gasteiger partial charge in [0, 0.05) is 24.7 Å². The summed E-state index contributed by atoms with van der Waals surface area (Å²) >= 11 is 0. The third-order valence-corrected chi connectivity index (χ3v) is 6.18. The highest BCUT2D eigenvalue weighted by atomic mass is 32.2. The van der Waals surface area contributed by atoms with Crippen LogP contribution in [0.3, 0.4) is 0 Å². The smallest absolute Gasteiger partial charge is 0.253 e. The van der Waals surface area contributed by atoms with Gasteiger partial charge in [-0.15, -0.1) is 0 Å². The quantitative estimate of drug-likeness (QED) is 0.822. The van der Waals surface area contributed by atoms with Gasteiger partial charge in [0.15, 0.2) is 11.6 Å². The number of hydrogen-bond acceptors (Lipinski definition) is 4. The van der Waals surface area contributed by atoms with Gasteiger partial charge in [-0.05, 0) is 55.3 Å². The van der Waals surface area contributed by atoms with E-state index in [1.165, 1.54) is 30.2 Å². The maximum Gasteiger partial charge on any atom is 0.253 e. The summed E-state index contributed by atoms with van der Waals surface area (Å²) in [6.45, 7) is 0.626. The second kappa shape index (κ2) is 8.24. The molecule has 1 N–H and O–H groups in total. The second-order valence-electron chi connectivity index (χ2n) is 6.49. The first-order valence-electron chi connectivity index (χ1n) is 8.71. The predicted molar refractivity (Wildman–Crippen MR) is 98.6 cm³/mol. The van der Waals surface area contributed by atoms with Crippen molar-refractivity contribution < 1.29 is 26.7 Å². The van der Waals surface area contributed by atoms with Gasteiger partial charge in [0.2, 0.25) is 10.0 Å². The number of sulfonamides is 1. The predicted octanol–water partition coefficient (Wildman–Crippen LogP) is 2.56. The fraction of sp³-hybridized carbons (Fsp3) is 0.316. The van der Waals surface area contributed by atoms with E-state index >= 15 is 0 Å². The summed E-state index contributed by atoms with van der Waals surface area (Å²) in [5, 5.41) is 0. The molecule has 2 aromatic carbocycles. The van der Waals surface area contributed by atoms with E-state index in [9.17, 15) is 22.0 Å². The van der Waals surface area contributed by atoms with Gasteiger partial charge < -0.3 is 9.64 Å². The Labute approximate surface area is 162 Å². The average molecular weight is 410 g/mol. The van der Waals surface area contributed by atoms with Gasteiger partial charge in [-0.2, -0.15) is 0 Å². The summed E-state index contributed by atoms with van der Waals surface area (Å²) in [7, 11) is -2.19. The van der Waals surface area contributed by atoms with Gasteiger partial charge >= 0.3 is 0 Å². The number of carbonyl (C=O) groups excluding carboxylic acids is 1. The molecule has 6 nitrogen and oxygen atoms in total. The van der Waals surface area contributed by atoms with Crippen molar-refractivity contribution in [1.29, 1.82) is 0 Å². The average Bonchev–Trinajstić information content (AvgIpc) is 2.70. The van der Waals surface area contributed by atoms with Crippen LogP contribution in [-0.2, 0) is 10.0 Å². The number of benzene rings is 2. The largest absolute Gasteiger partial charge is 0.497 e. The van der Waals surface area contributed by atoms with Gasteiger partial charge in [0.1, 0.15) is 5.75 Å². The van der Waals surface area contributed by atoms with Crippen molar-refractivity contribution in [2.75, 3.05) is 20.2 Å². The molecule has 0 bridgehead atoms. The first kappa shape index (κ1) is 20.2. The minimum Gasteiger partial charge on any atom is -0.497 e. The number of nitrogens with one attached hydrogen (secondary N) is 1. The van der Waals surface area contributed by atoms with Gasteiger partial charge in [0.25, 0.3) is 5.91 Å². The molecular weight excluding hydrogens is 390 g/mol. The Morgan fingerprint density at radius 2 is 1.71 bits per heavy atom. The summed E-state index contributed by atoms with van der Waals surface area (Å²) in [5.41, 5.74) is 0.0659. The molecule has 1 aliphatic rings. The Hall–Kier alpha value is -2.52. The van der Waals surface area contributed by atoms with E-state index in [1.54, 1.807) is 12.1 Å². The topological polar surface area (TPSA) is 75.7 Å². The molecule has 1 fully saturated rings.